The zero-order chi connectivity index (χ0) is 33.3. The van der Waals surface area contributed by atoms with Crippen LogP contribution in [0.25, 0.3) is 22.3 Å². The average molecular weight is 640 g/mol. The van der Waals surface area contributed by atoms with Crippen molar-refractivity contribution in [2.45, 2.75) is 17.8 Å². The molecule has 9 rings (SSSR count). The Morgan fingerprint density at radius 1 is 0.440 bits per heavy atom. The molecule has 1 atom stereocenters. The summed E-state index contributed by atoms with van der Waals surface area (Å²) >= 11 is 0. The average Bonchev–Trinajstić information content (AvgIpc) is 3.50. The van der Waals surface area contributed by atoms with Crippen molar-refractivity contribution in [3.63, 3.8) is 0 Å². The van der Waals surface area contributed by atoms with Crippen molar-refractivity contribution in [1.29, 1.82) is 0 Å². The molecule has 0 bridgehead atoms. The Bertz CT molecular complexity index is 2180. The van der Waals surface area contributed by atoms with Gasteiger partial charge in [-0.3, -0.25) is 0 Å². The first-order valence-corrected chi connectivity index (χ1v) is 17.5. The number of nitrogens with zero attached hydrogens (tertiary/aromatic N) is 1. The topological polar surface area (TPSA) is 3.24 Å². The molecule has 0 saturated heterocycles. The van der Waals surface area contributed by atoms with Gasteiger partial charge in [0.1, 0.15) is 0 Å². The minimum absolute atomic E-state index is 0.290. The fraction of sp³-hybridized carbons (Fsp3) is 0.0612. The van der Waals surface area contributed by atoms with Gasteiger partial charge in [0.2, 0.25) is 0 Å². The van der Waals surface area contributed by atoms with Crippen molar-refractivity contribution in [1.82, 2.24) is 0 Å². The van der Waals surface area contributed by atoms with Gasteiger partial charge in [0.25, 0.3) is 0 Å². The second kappa shape index (κ2) is 12.7. The molecule has 0 aromatic heterocycles. The van der Waals surface area contributed by atoms with Crippen LogP contribution in [0.4, 0.5) is 17.1 Å². The minimum atomic E-state index is -0.356. The third-order valence-electron chi connectivity index (χ3n) is 10.5. The molecule has 7 aromatic carbocycles. The van der Waals surface area contributed by atoms with E-state index in [2.05, 4.69) is 211 Å². The highest BCUT2D eigenvalue weighted by molar-refractivity contribution is 5.82. The van der Waals surface area contributed by atoms with E-state index in [1.165, 1.54) is 50.1 Å². The zero-order valence-electron chi connectivity index (χ0n) is 27.9. The maximum absolute atomic E-state index is 2.47. The standard InChI is InChI=1S/C49H37N/c1-5-15-36(16-6-1)38-25-29-42(30-26-38)50(43-31-27-39(28-32-43)37-17-7-2-8-18-37)44-33-34-48-46(35-44)45-23-13-14-24-47(45)49(48,40-19-9-3-10-20-40)41-21-11-4-12-22-41/h1-22,24-35,45H,23H2. The molecule has 2 aliphatic rings. The van der Waals surface area contributed by atoms with E-state index in [4.69, 9.17) is 0 Å². The normalized spacial score (nSPS) is 15.5. The van der Waals surface area contributed by atoms with E-state index < -0.39 is 0 Å². The highest BCUT2D eigenvalue weighted by atomic mass is 15.1. The minimum Gasteiger partial charge on any atom is -0.310 e. The van der Waals surface area contributed by atoms with Crippen molar-refractivity contribution in [2.75, 3.05) is 4.90 Å². The lowest BCUT2D eigenvalue weighted by Crippen LogP contribution is -2.29. The van der Waals surface area contributed by atoms with Gasteiger partial charge in [0.05, 0.1) is 5.41 Å². The van der Waals surface area contributed by atoms with E-state index >= 15 is 0 Å². The quantitative estimate of drug-likeness (QED) is 0.168. The van der Waals surface area contributed by atoms with Crippen LogP contribution in [0.3, 0.4) is 0 Å². The molecule has 0 spiro atoms. The van der Waals surface area contributed by atoms with Crippen LogP contribution < -0.4 is 4.90 Å². The lowest BCUT2D eigenvalue weighted by atomic mass is 9.66. The number of allylic oxidation sites excluding steroid dienone is 4. The number of hydrogen-bond donors (Lipinski definition) is 0. The van der Waals surface area contributed by atoms with Crippen LogP contribution in [0.5, 0.6) is 0 Å². The Balaban J connectivity index is 1.22. The van der Waals surface area contributed by atoms with Gasteiger partial charge in [0.15, 0.2) is 0 Å². The first-order valence-electron chi connectivity index (χ1n) is 17.5. The highest BCUT2D eigenvalue weighted by Crippen LogP contribution is 2.60. The Morgan fingerprint density at radius 3 is 1.38 bits per heavy atom. The van der Waals surface area contributed by atoms with E-state index in [9.17, 15) is 0 Å². The molecule has 1 nitrogen and oxygen atoms in total. The third-order valence-corrected chi connectivity index (χ3v) is 10.5. The van der Waals surface area contributed by atoms with Gasteiger partial charge < -0.3 is 4.90 Å². The third kappa shape index (κ3) is 5.02. The maximum atomic E-state index is 2.47. The van der Waals surface area contributed by atoms with Crippen LogP contribution in [-0.4, -0.2) is 0 Å². The van der Waals surface area contributed by atoms with Gasteiger partial charge in [-0.25, -0.2) is 0 Å². The van der Waals surface area contributed by atoms with Crippen LogP contribution in [0.1, 0.15) is 34.6 Å². The fourth-order valence-electron chi connectivity index (χ4n) is 8.29. The molecule has 0 heterocycles. The molecule has 238 valence electrons. The molecule has 0 fully saturated rings. The summed E-state index contributed by atoms with van der Waals surface area (Å²) in [6.45, 7) is 0. The van der Waals surface area contributed by atoms with Crippen LogP contribution >= 0.6 is 0 Å². The van der Waals surface area contributed by atoms with E-state index in [0.29, 0.717) is 0 Å². The lowest BCUT2D eigenvalue weighted by molar-refractivity contribution is 0.693. The van der Waals surface area contributed by atoms with E-state index in [1.54, 1.807) is 0 Å². The summed E-state index contributed by atoms with van der Waals surface area (Å²) in [7, 11) is 0. The Morgan fingerprint density at radius 2 is 0.880 bits per heavy atom. The van der Waals surface area contributed by atoms with Crippen molar-refractivity contribution >= 4 is 17.1 Å². The summed E-state index contributed by atoms with van der Waals surface area (Å²) < 4.78 is 0. The Hall–Kier alpha value is -6.18. The highest BCUT2D eigenvalue weighted by Gasteiger charge is 2.50. The molecule has 7 aromatic rings. The van der Waals surface area contributed by atoms with Gasteiger partial charge in [-0.1, -0.05) is 170 Å². The van der Waals surface area contributed by atoms with Gasteiger partial charge in [-0.15, -0.1) is 0 Å². The van der Waals surface area contributed by atoms with Gasteiger partial charge in [-0.2, -0.15) is 0 Å². The second-order valence-electron chi connectivity index (χ2n) is 13.3. The summed E-state index contributed by atoms with van der Waals surface area (Å²) in [6.07, 6.45) is 7.96. The molecule has 1 heteroatoms. The fourth-order valence-corrected chi connectivity index (χ4v) is 8.29. The van der Waals surface area contributed by atoms with Crippen LogP contribution in [-0.2, 0) is 5.41 Å². The van der Waals surface area contributed by atoms with Crippen molar-refractivity contribution < 1.29 is 0 Å². The van der Waals surface area contributed by atoms with Crippen molar-refractivity contribution in [2.24, 2.45) is 0 Å². The summed E-state index contributed by atoms with van der Waals surface area (Å²) in [5.41, 5.74) is 14.8. The van der Waals surface area contributed by atoms with E-state index in [-0.39, 0.29) is 11.3 Å². The maximum Gasteiger partial charge on any atom is 0.0673 e. The second-order valence-corrected chi connectivity index (χ2v) is 13.3. The van der Waals surface area contributed by atoms with Crippen LogP contribution in [0.2, 0.25) is 0 Å². The molecular formula is C49H37N. The van der Waals surface area contributed by atoms with Gasteiger partial charge >= 0.3 is 0 Å². The summed E-state index contributed by atoms with van der Waals surface area (Å²) in [5, 5.41) is 0. The van der Waals surface area contributed by atoms with E-state index in [1.807, 2.05) is 0 Å². The number of hydrogen-bond acceptors (Lipinski definition) is 1. The first-order chi connectivity index (χ1) is 24.8. The molecule has 0 radical (unpaired) electrons. The van der Waals surface area contributed by atoms with E-state index in [0.717, 1.165) is 23.5 Å². The van der Waals surface area contributed by atoms with Crippen LogP contribution in [0.15, 0.2) is 212 Å². The molecular weight excluding hydrogens is 603 g/mol. The largest absolute Gasteiger partial charge is 0.310 e. The molecule has 0 aliphatic heterocycles. The SMILES string of the molecule is C1=CCC2C(=C1)C(c1ccccc1)(c1ccccc1)c1ccc(N(c3ccc(-c4ccccc4)cc3)c3ccc(-c4ccccc4)cc3)cc12. The van der Waals surface area contributed by atoms with Gasteiger partial charge in [-0.05, 0) is 92.9 Å². The first kappa shape index (κ1) is 29.9. The number of benzene rings is 7. The Kier molecular flexibility index (Phi) is 7.59. The molecule has 50 heavy (non-hydrogen) atoms. The Labute approximate surface area is 295 Å². The van der Waals surface area contributed by atoms with Crippen molar-refractivity contribution in [3.8, 4) is 22.3 Å². The lowest BCUT2D eigenvalue weighted by Gasteiger charge is -2.36. The molecule has 1 unspecified atom stereocenters. The molecule has 0 N–H and O–H groups in total. The molecule has 0 saturated carbocycles. The molecule has 0 amide bonds. The summed E-state index contributed by atoms with van der Waals surface area (Å²) in [5.74, 6) is 0.290. The summed E-state index contributed by atoms with van der Waals surface area (Å²) in [6, 6.07) is 68.6. The van der Waals surface area contributed by atoms with Crippen LogP contribution in [0, 0.1) is 0 Å². The smallest absolute Gasteiger partial charge is 0.0673 e. The van der Waals surface area contributed by atoms with Crippen molar-refractivity contribution in [3.05, 3.63) is 234 Å². The zero-order valence-corrected chi connectivity index (χ0v) is 27.9. The predicted octanol–water partition coefficient (Wildman–Crippen LogP) is 12.8. The monoisotopic (exact) mass is 639 g/mol. The van der Waals surface area contributed by atoms with Gasteiger partial charge in [0, 0.05) is 23.0 Å². The summed E-state index contributed by atoms with van der Waals surface area (Å²) in [4.78, 5) is 2.41. The molecule has 2 aliphatic carbocycles. The number of anilines is 3. The predicted molar refractivity (Wildman–Crippen MR) is 209 cm³/mol. The number of fused-ring (bicyclic) bond motifs is 3. The number of rotatable bonds is 7.